The Kier molecular flexibility index (Phi) is 11.0. The number of nitrogens with zero attached hydrogens (tertiary/aromatic N) is 2. The van der Waals surface area contributed by atoms with Gasteiger partial charge in [0.2, 0.25) is 6.54 Å². The average molecular weight is 663 g/mol. The van der Waals surface area contributed by atoms with E-state index in [1.54, 1.807) is 35.6 Å². The summed E-state index contributed by atoms with van der Waals surface area (Å²) in [5.74, 6) is -1.36. The van der Waals surface area contributed by atoms with Gasteiger partial charge in [0, 0.05) is 44.0 Å². The van der Waals surface area contributed by atoms with Crippen molar-refractivity contribution in [1.82, 2.24) is 0 Å². The van der Waals surface area contributed by atoms with E-state index in [2.05, 4.69) is 35.2 Å². The standard InChI is InChI=1S/C23H27N2O4S3.C7H8O3S/c1-6-28-23(27-4,29-7-2)14-25-20(26)19(32-22(25)30-5)21-24(3)17-13-12-15-10-8-9-11-16(15)18(17)31-21;1-6-2-4-7(5-3-6)11(8,9)10/h8-13H,6-7,14H2,1-5H3;2-5H,1H3,(H,8,9,10)/q+1;/p-1. The van der Waals surface area contributed by atoms with Crippen molar-refractivity contribution in [3.63, 3.8) is 0 Å². The lowest BCUT2D eigenvalue weighted by Crippen LogP contribution is -2.47. The molecular weight excluding hydrogens is 629 g/mol. The van der Waals surface area contributed by atoms with Crippen molar-refractivity contribution in [3.05, 3.63) is 76.2 Å². The van der Waals surface area contributed by atoms with Crippen molar-refractivity contribution in [2.45, 2.75) is 36.5 Å². The third-order valence-electron chi connectivity index (χ3n) is 6.64. The number of methoxy groups -OCH3 is 1. The molecule has 3 aromatic carbocycles. The van der Waals surface area contributed by atoms with Crippen molar-refractivity contribution in [2.75, 3.05) is 45.1 Å². The van der Waals surface area contributed by atoms with Crippen molar-refractivity contribution in [3.8, 4) is 0 Å². The monoisotopic (exact) mass is 662 g/mol. The maximum absolute atomic E-state index is 13.6. The van der Waals surface area contributed by atoms with Crippen molar-refractivity contribution >= 4 is 72.1 Å². The number of aryl methyl sites for hydroxylation is 1. The van der Waals surface area contributed by atoms with Crippen LogP contribution in [0, 0.1) is 6.92 Å². The summed E-state index contributed by atoms with van der Waals surface area (Å²) in [6.45, 7) is 6.56. The predicted octanol–water partition coefficient (Wildman–Crippen LogP) is 5.83. The largest absolute Gasteiger partial charge is 0.744 e. The van der Waals surface area contributed by atoms with Gasteiger partial charge < -0.3 is 23.7 Å². The van der Waals surface area contributed by atoms with Crippen molar-refractivity contribution in [2.24, 2.45) is 0 Å². The summed E-state index contributed by atoms with van der Waals surface area (Å²) < 4.78 is 51.0. The van der Waals surface area contributed by atoms with Gasteiger partial charge in [-0.2, -0.15) is 0 Å². The van der Waals surface area contributed by atoms with Gasteiger partial charge in [-0.05, 0) is 56.0 Å². The van der Waals surface area contributed by atoms with Crippen LogP contribution in [-0.2, 0) is 29.1 Å². The highest BCUT2D eigenvalue weighted by Gasteiger charge is 2.48. The fourth-order valence-electron chi connectivity index (χ4n) is 4.54. The Morgan fingerprint density at radius 1 is 1.00 bits per heavy atom. The van der Waals surface area contributed by atoms with Crippen LogP contribution >= 0.6 is 35.3 Å². The second-order valence-corrected chi connectivity index (χ2v) is 13.8. The van der Waals surface area contributed by atoms with Gasteiger partial charge in [0.05, 0.1) is 10.6 Å². The molecule has 0 spiro atoms. The van der Waals surface area contributed by atoms with Crippen LogP contribution in [0.2, 0.25) is 0 Å². The number of carbonyl (C=O) groups is 1. The van der Waals surface area contributed by atoms with Gasteiger partial charge in [0.1, 0.15) is 15.1 Å². The fourth-order valence-corrected chi connectivity index (χ4v) is 8.28. The van der Waals surface area contributed by atoms with Gasteiger partial charge in [-0.15, -0.1) is 4.58 Å². The zero-order chi connectivity index (χ0) is 31.4. The molecule has 0 saturated heterocycles. The number of benzene rings is 3. The summed E-state index contributed by atoms with van der Waals surface area (Å²) in [5, 5.41) is 3.33. The molecular formula is C30H34N2O7S4. The Morgan fingerprint density at radius 2 is 1.65 bits per heavy atom. The molecule has 0 aliphatic carbocycles. The third kappa shape index (κ3) is 7.31. The van der Waals surface area contributed by atoms with Gasteiger partial charge in [-0.3, -0.25) is 0 Å². The lowest BCUT2D eigenvalue weighted by Gasteiger charge is -2.28. The highest BCUT2D eigenvalue weighted by molar-refractivity contribution is 8.40. The van der Waals surface area contributed by atoms with E-state index in [1.165, 1.54) is 51.3 Å². The van der Waals surface area contributed by atoms with E-state index in [-0.39, 0.29) is 17.3 Å². The number of rotatable bonds is 8. The van der Waals surface area contributed by atoms with Crippen LogP contribution in [0.3, 0.4) is 0 Å². The van der Waals surface area contributed by atoms with Crippen LogP contribution in [0.15, 0.2) is 80.4 Å². The lowest BCUT2D eigenvalue weighted by molar-refractivity contribution is -0.523. The molecule has 2 heterocycles. The Balaban J connectivity index is 0.000000324. The Hall–Kier alpha value is -2.36. The van der Waals surface area contributed by atoms with E-state index in [1.807, 2.05) is 40.1 Å². The molecule has 13 heteroatoms. The highest BCUT2D eigenvalue weighted by Crippen LogP contribution is 2.52. The smallest absolute Gasteiger partial charge is 0.430 e. The molecule has 0 saturated carbocycles. The minimum atomic E-state index is -4.27. The molecule has 0 N–H and O–H groups in total. The summed E-state index contributed by atoms with van der Waals surface area (Å²) in [7, 11) is -0.710. The molecule has 0 bridgehead atoms. The number of thioether (sulfide) groups is 3. The molecule has 0 radical (unpaired) electrons. The molecule has 0 atom stereocenters. The minimum Gasteiger partial charge on any atom is -0.744 e. The lowest BCUT2D eigenvalue weighted by atomic mass is 10.1. The van der Waals surface area contributed by atoms with E-state index in [0.717, 1.165) is 20.7 Å². The molecule has 43 heavy (non-hydrogen) atoms. The molecule has 0 aromatic heterocycles. The molecule has 1 amide bonds. The average Bonchev–Trinajstić information content (AvgIpc) is 3.48. The van der Waals surface area contributed by atoms with Gasteiger partial charge in [0.25, 0.3) is 4.38 Å². The van der Waals surface area contributed by atoms with Crippen LogP contribution in [0.25, 0.3) is 10.8 Å². The van der Waals surface area contributed by atoms with Crippen LogP contribution in [0.5, 0.6) is 0 Å². The Labute approximate surface area is 265 Å². The second-order valence-electron chi connectivity index (χ2n) is 9.41. The Bertz CT molecular complexity index is 1670. The summed E-state index contributed by atoms with van der Waals surface area (Å²) >= 11 is 4.69. The summed E-state index contributed by atoms with van der Waals surface area (Å²) in [4.78, 5) is 17.5. The molecule has 230 valence electrons. The quantitative estimate of drug-likeness (QED) is 0.126. The highest BCUT2D eigenvalue weighted by atomic mass is 32.2. The van der Waals surface area contributed by atoms with Crippen LogP contribution < -0.4 is 4.90 Å². The third-order valence-corrected chi connectivity index (χ3v) is 11.2. The second kappa shape index (κ2) is 14.2. The van der Waals surface area contributed by atoms with E-state index in [9.17, 15) is 17.8 Å². The number of fused-ring (bicyclic) bond motifs is 3. The van der Waals surface area contributed by atoms with E-state index >= 15 is 0 Å². The number of anilines is 1. The fraction of sp³-hybridized carbons (Fsp3) is 0.333. The molecule has 5 rings (SSSR count). The van der Waals surface area contributed by atoms with Crippen LogP contribution in [0.1, 0.15) is 19.4 Å². The van der Waals surface area contributed by atoms with Gasteiger partial charge in [0.15, 0.2) is 4.91 Å². The van der Waals surface area contributed by atoms with Crippen LogP contribution in [-0.4, -0.2) is 74.0 Å². The van der Waals surface area contributed by atoms with Crippen LogP contribution in [0.4, 0.5) is 5.69 Å². The SMILES string of the molecule is CCOC(C[N+]1=C(SC)SC(=C2Sc3c(ccc4ccccc34)N2C)C1=O)(OC)OCC.Cc1ccc(S(=O)(=O)[O-])cc1. The topological polar surface area (TPSA) is 108 Å². The Morgan fingerprint density at radius 3 is 2.23 bits per heavy atom. The molecule has 0 fully saturated rings. The minimum absolute atomic E-state index is 0.0633. The van der Waals surface area contributed by atoms with E-state index in [4.69, 9.17) is 14.2 Å². The first-order valence-corrected chi connectivity index (χ1v) is 17.7. The van der Waals surface area contributed by atoms with Crippen molar-refractivity contribution in [1.29, 1.82) is 0 Å². The first-order chi connectivity index (χ1) is 20.5. The van der Waals surface area contributed by atoms with E-state index < -0.39 is 16.1 Å². The van der Waals surface area contributed by atoms with Gasteiger partial charge in [-0.25, -0.2) is 13.2 Å². The first kappa shape index (κ1) is 33.5. The summed E-state index contributed by atoms with van der Waals surface area (Å²) in [5.41, 5.74) is 2.04. The van der Waals surface area contributed by atoms with E-state index in [0.29, 0.717) is 18.1 Å². The number of amides is 1. The number of hydrogen-bond donors (Lipinski definition) is 0. The maximum Gasteiger partial charge on any atom is 0.430 e. The number of hydrogen-bond acceptors (Lipinski definition) is 11. The summed E-state index contributed by atoms with van der Waals surface area (Å²) in [6.07, 6.45) is 1.97. The summed E-state index contributed by atoms with van der Waals surface area (Å²) in [6, 6.07) is 18.4. The maximum atomic E-state index is 13.6. The molecule has 9 nitrogen and oxygen atoms in total. The zero-order valence-corrected chi connectivity index (χ0v) is 28.0. The molecule has 2 aliphatic rings. The molecule has 3 aromatic rings. The number of carbonyl (C=O) groups excluding carboxylic acids is 1. The van der Waals surface area contributed by atoms with Gasteiger partial charge >= 0.3 is 11.9 Å². The normalized spacial score (nSPS) is 17.0. The molecule has 0 unspecified atom stereocenters. The van der Waals surface area contributed by atoms with Gasteiger partial charge in [-0.1, -0.05) is 71.6 Å². The number of ether oxygens (including phenoxy) is 3. The molecule has 2 aliphatic heterocycles. The van der Waals surface area contributed by atoms with Crippen molar-refractivity contribution < 1.29 is 36.6 Å². The first-order valence-electron chi connectivity index (χ1n) is 13.4. The predicted molar refractivity (Wildman–Crippen MR) is 174 cm³/mol. The zero-order valence-electron chi connectivity index (χ0n) is 24.8.